The van der Waals surface area contributed by atoms with Crippen LogP contribution in [-0.4, -0.2) is 11.0 Å². The van der Waals surface area contributed by atoms with E-state index in [-0.39, 0.29) is 11.9 Å². The third-order valence-electron chi connectivity index (χ3n) is 2.94. The average molecular weight is 239 g/mol. The molecule has 1 heterocycles. The van der Waals surface area contributed by atoms with Crippen LogP contribution in [0.1, 0.15) is 12.8 Å². The van der Waals surface area contributed by atoms with Crippen molar-refractivity contribution in [1.82, 2.24) is 4.98 Å². The summed E-state index contributed by atoms with van der Waals surface area (Å²) in [4.78, 5) is 15.8. The molecule has 0 atom stereocenters. The molecule has 1 fully saturated rings. The molecule has 0 aliphatic heterocycles. The quantitative estimate of drug-likeness (QED) is 0.773. The zero-order valence-corrected chi connectivity index (χ0v) is 9.87. The van der Waals surface area contributed by atoms with Gasteiger partial charge < -0.3 is 4.74 Å². The van der Waals surface area contributed by atoms with E-state index in [4.69, 9.17) is 4.74 Å². The van der Waals surface area contributed by atoms with Crippen molar-refractivity contribution >= 4 is 5.97 Å². The number of nitrogens with zero attached hydrogens (tertiary/aromatic N) is 1. The van der Waals surface area contributed by atoms with E-state index >= 15 is 0 Å². The van der Waals surface area contributed by atoms with Gasteiger partial charge >= 0.3 is 5.97 Å². The Hall–Kier alpha value is -2.16. The Morgan fingerprint density at radius 2 is 1.89 bits per heavy atom. The van der Waals surface area contributed by atoms with E-state index in [1.165, 1.54) is 0 Å². The molecule has 0 N–H and O–H groups in total. The fourth-order valence-corrected chi connectivity index (χ4v) is 1.74. The van der Waals surface area contributed by atoms with Crippen LogP contribution in [0.5, 0.6) is 5.75 Å². The molecule has 0 spiro atoms. The normalized spacial score (nSPS) is 14.2. The highest BCUT2D eigenvalue weighted by Gasteiger charge is 2.31. The molecule has 90 valence electrons. The summed E-state index contributed by atoms with van der Waals surface area (Å²) in [7, 11) is 0. The van der Waals surface area contributed by atoms with Crippen LogP contribution in [0.15, 0.2) is 48.7 Å². The van der Waals surface area contributed by atoms with Crippen molar-refractivity contribution < 1.29 is 9.53 Å². The smallest absolute Gasteiger partial charge is 0.314 e. The lowest BCUT2D eigenvalue weighted by atomic mass is 10.1. The molecular weight excluding hydrogens is 226 g/mol. The summed E-state index contributed by atoms with van der Waals surface area (Å²) in [6.45, 7) is 0. The first kappa shape index (κ1) is 11.0. The fraction of sp³-hybridized carbons (Fsp3) is 0.200. The summed E-state index contributed by atoms with van der Waals surface area (Å²) >= 11 is 0. The summed E-state index contributed by atoms with van der Waals surface area (Å²) < 4.78 is 5.23. The Balaban J connectivity index is 1.74. The second-order valence-corrected chi connectivity index (χ2v) is 4.44. The van der Waals surface area contributed by atoms with E-state index in [0.29, 0.717) is 5.75 Å². The van der Waals surface area contributed by atoms with E-state index in [2.05, 4.69) is 4.98 Å². The highest BCUT2D eigenvalue weighted by Crippen LogP contribution is 2.30. The van der Waals surface area contributed by atoms with Gasteiger partial charge in [-0.1, -0.05) is 30.3 Å². The van der Waals surface area contributed by atoms with Gasteiger partial charge in [-0.15, -0.1) is 0 Å². The maximum Gasteiger partial charge on any atom is 0.314 e. The molecule has 0 amide bonds. The van der Waals surface area contributed by atoms with Gasteiger partial charge in [0, 0.05) is 5.56 Å². The zero-order chi connectivity index (χ0) is 12.4. The summed E-state index contributed by atoms with van der Waals surface area (Å²) in [6, 6.07) is 13.6. The van der Waals surface area contributed by atoms with Crippen LogP contribution in [0.3, 0.4) is 0 Å². The molecule has 1 saturated carbocycles. The molecule has 0 bridgehead atoms. The molecule has 18 heavy (non-hydrogen) atoms. The molecule has 0 unspecified atom stereocenters. The summed E-state index contributed by atoms with van der Waals surface area (Å²) in [6.07, 6.45) is 3.51. The monoisotopic (exact) mass is 239 g/mol. The number of pyridine rings is 1. The maximum absolute atomic E-state index is 11.5. The van der Waals surface area contributed by atoms with Crippen LogP contribution >= 0.6 is 0 Å². The Labute approximate surface area is 105 Å². The average Bonchev–Trinajstić information content (AvgIpc) is 3.25. The van der Waals surface area contributed by atoms with Gasteiger partial charge in [0.05, 0.1) is 17.8 Å². The third-order valence-corrected chi connectivity index (χ3v) is 2.94. The largest absolute Gasteiger partial charge is 0.425 e. The van der Waals surface area contributed by atoms with Crippen molar-refractivity contribution in [2.75, 3.05) is 0 Å². The van der Waals surface area contributed by atoms with E-state index in [9.17, 15) is 4.79 Å². The number of benzene rings is 1. The first-order valence-electron chi connectivity index (χ1n) is 6.06. The molecule has 2 aromatic rings. The molecule has 1 aliphatic carbocycles. The number of aromatic nitrogens is 1. The van der Waals surface area contributed by atoms with Crippen molar-refractivity contribution in [1.29, 1.82) is 0 Å². The molecule has 0 saturated heterocycles. The summed E-state index contributed by atoms with van der Waals surface area (Å²) in [5.41, 5.74) is 1.93. The molecule has 3 heteroatoms. The van der Waals surface area contributed by atoms with Gasteiger partial charge in [-0.25, -0.2) is 0 Å². The Bertz CT molecular complexity index is 544. The Morgan fingerprint density at radius 3 is 2.50 bits per heavy atom. The Morgan fingerprint density at radius 1 is 1.11 bits per heavy atom. The number of rotatable bonds is 3. The predicted octanol–water partition coefficient (Wildman–Crippen LogP) is 3.06. The highest BCUT2D eigenvalue weighted by atomic mass is 16.5. The van der Waals surface area contributed by atoms with Gasteiger partial charge in [-0.2, -0.15) is 0 Å². The van der Waals surface area contributed by atoms with Crippen LogP contribution in [-0.2, 0) is 4.79 Å². The van der Waals surface area contributed by atoms with E-state index in [1.807, 2.05) is 36.4 Å². The first-order valence-corrected chi connectivity index (χ1v) is 6.06. The fourth-order valence-electron chi connectivity index (χ4n) is 1.74. The van der Waals surface area contributed by atoms with Crippen molar-refractivity contribution in [3.05, 3.63) is 48.7 Å². The number of carbonyl (C=O) groups excluding carboxylic acids is 1. The van der Waals surface area contributed by atoms with Crippen LogP contribution < -0.4 is 4.74 Å². The zero-order valence-electron chi connectivity index (χ0n) is 9.87. The van der Waals surface area contributed by atoms with Crippen molar-refractivity contribution in [2.45, 2.75) is 12.8 Å². The van der Waals surface area contributed by atoms with Gasteiger partial charge in [0.15, 0.2) is 0 Å². The van der Waals surface area contributed by atoms with E-state index in [0.717, 1.165) is 24.1 Å². The van der Waals surface area contributed by atoms with Crippen LogP contribution in [0, 0.1) is 5.92 Å². The number of esters is 1. The highest BCUT2D eigenvalue weighted by molar-refractivity contribution is 5.77. The van der Waals surface area contributed by atoms with Gasteiger partial charge in [0.2, 0.25) is 0 Å². The van der Waals surface area contributed by atoms with Crippen LogP contribution in [0.4, 0.5) is 0 Å². The molecule has 3 nitrogen and oxygen atoms in total. The van der Waals surface area contributed by atoms with Crippen molar-refractivity contribution in [3.8, 4) is 17.0 Å². The topological polar surface area (TPSA) is 39.2 Å². The minimum Gasteiger partial charge on any atom is -0.425 e. The number of carbonyl (C=O) groups is 1. The molecule has 1 aliphatic rings. The number of ether oxygens (including phenoxy) is 1. The Kier molecular flexibility index (Phi) is 2.81. The molecule has 0 radical (unpaired) electrons. The molecular formula is C15H13NO2. The van der Waals surface area contributed by atoms with E-state index in [1.54, 1.807) is 12.3 Å². The molecule has 1 aromatic heterocycles. The minimum atomic E-state index is -0.135. The van der Waals surface area contributed by atoms with Crippen molar-refractivity contribution in [3.63, 3.8) is 0 Å². The summed E-state index contributed by atoms with van der Waals surface area (Å²) in [5.74, 6) is 0.495. The molecule has 1 aromatic carbocycles. The van der Waals surface area contributed by atoms with Gasteiger partial charge in [0.25, 0.3) is 0 Å². The minimum absolute atomic E-state index is 0.110. The van der Waals surface area contributed by atoms with E-state index < -0.39 is 0 Å². The lowest BCUT2D eigenvalue weighted by Crippen LogP contribution is -2.09. The SMILES string of the molecule is O=C(Oc1ccc(-c2ccccc2)nc1)C1CC1. The van der Waals surface area contributed by atoms with Crippen LogP contribution in [0.2, 0.25) is 0 Å². The van der Waals surface area contributed by atoms with Crippen molar-refractivity contribution in [2.24, 2.45) is 5.92 Å². The predicted molar refractivity (Wildman–Crippen MR) is 68.0 cm³/mol. The lowest BCUT2D eigenvalue weighted by Gasteiger charge is -2.04. The second-order valence-electron chi connectivity index (χ2n) is 4.44. The van der Waals surface area contributed by atoms with Gasteiger partial charge in [-0.05, 0) is 25.0 Å². The maximum atomic E-state index is 11.5. The molecule has 3 rings (SSSR count). The standard InChI is InChI=1S/C15H13NO2/c17-15(12-6-7-12)18-13-8-9-14(16-10-13)11-4-2-1-3-5-11/h1-5,8-10,12H,6-7H2. The third kappa shape index (κ3) is 2.40. The van der Waals surface area contributed by atoms with Gasteiger partial charge in [-0.3, -0.25) is 9.78 Å². The second kappa shape index (κ2) is 4.61. The van der Waals surface area contributed by atoms with Crippen LogP contribution in [0.25, 0.3) is 11.3 Å². The first-order chi connectivity index (χ1) is 8.83. The number of hydrogen-bond acceptors (Lipinski definition) is 3. The van der Waals surface area contributed by atoms with Gasteiger partial charge in [0.1, 0.15) is 5.75 Å². The number of hydrogen-bond donors (Lipinski definition) is 0. The lowest BCUT2D eigenvalue weighted by molar-refractivity contribution is -0.135. The summed E-state index contributed by atoms with van der Waals surface area (Å²) in [5, 5.41) is 0.